The molecule has 7 rings (SSSR count). The van der Waals surface area contributed by atoms with Gasteiger partial charge in [-0.15, -0.1) is 0 Å². The van der Waals surface area contributed by atoms with Gasteiger partial charge >= 0.3 is 0 Å². The van der Waals surface area contributed by atoms with Crippen LogP contribution in [0.15, 0.2) is 59.7 Å². The zero-order valence-electron chi connectivity index (χ0n) is 25.1. The van der Waals surface area contributed by atoms with Gasteiger partial charge in [-0.1, -0.05) is 24.3 Å². The van der Waals surface area contributed by atoms with Gasteiger partial charge < -0.3 is 15.2 Å². The van der Waals surface area contributed by atoms with E-state index in [4.69, 9.17) is 10.7 Å². The Kier molecular flexibility index (Phi) is 7.36. The number of hydrogen-bond donors (Lipinski definition) is 1. The van der Waals surface area contributed by atoms with Crippen molar-refractivity contribution in [3.63, 3.8) is 0 Å². The average molecular weight is 584 g/mol. The highest BCUT2D eigenvalue weighted by molar-refractivity contribution is 6.04. The second kappa shape index (κ2) is 11.2. The second-order valence-electron chi connectivity index (χ2n) is 13.3. The zero-order valence-corrected chi connectivity index (χ0v) is 25.1. The van der Waals surface area contributed by atoms with E-state index < -0.39 is 5.91 Å². The van der Waals surface area contributed by atoms with Crippen LogP contribution in [0.5, 0.6) is 0 Å². The van der Waals surface area contributed by atoms with Crippen LogP contribution in [-0.4, -0.2) is 62.9 Å². The molecule has 4 aliphatic rings. The van der Waals surface area contributed by atoms with Crippen molar-refractivity contribution in [3.8, 4) is 0 Å². The van der Waals surface area contributed by atoms with Gasteiger partial charge in [-0.25, -0.2) is 9.37 Å². The van der Waals surface area contributed by atoms with Gasteiger partial charge in [0.15, 0.2) is 0 Å². The Hall–Kier alpha value is -3.52. The molecule has 7 nitrogen and oxygen atoms in total. The van der Waals surface area contributed by atoms with Gasteiger partial charge in [0.25, 0.3) is 0 Å². The molecule has 3 aromatic rings. The highest BCUT2D eigenvalue weighted by Crippen LogP contribution is 2.45. The summed E-state index contributed by atoms with van der Waals surface area (Å²) in [4.78, 5) is 34.8. The summed E-state index contributed by atoms with van der Waals surface area (Å²) in [6.07, 6.45) is 9.23. The molecule has 0 spiro atoms. The molecule has 0 saturated carbocycles. The molecule has 2 bridgehead atoms. The van der Waals surface area contributed by atoms with Gasteiger partial charge in [0.05, 0.1) is 11.0 Å². The molecule has 0 radical (unpaired) electrons. The minimum atomic E-state index is -0.471. The van der Waals surface area contributed by atoms with Crippen LogP contribution >= 0.6 is 0 Å². The number of amides is 2. The van der Waals surface area contributed by atoms with Crippen LogP contribution in [0.25, 0.3) is 11.0 Å². The number of benzene rings is 2. The van der Waals surface area contributed by atoms with Gasteiger partial charge in [0, 0.05) is 42.4 Å². The molecule has 43 heavy (non-hydrogen) atoms. The topological polar surface area (TPSA) is 84.5 Å². The number of carbonyl (C=O) groups excluding carboxylic acids is 2. The summed E-state index contributed by atoms with van der Waals surface area (Å²) in [6, 6.07) is 17.1. The maximum atomic E-state index is 14.5. The van der Waals surface area contributed by atoms with Crippen molar-refractivity contribution < 1.29 is 14.0 Å². The van der Waals surface area contributed by atoms with Crippen molar-refractivity contribution in [1.82, 2.24) is 19.4 Å². The number of imidazole rings is 1. The average Bonchev–Trinajstić information content (AvgIpc) is 3.69. The van der Waals surface area contributed by atoms with Crippen LogP contribution in [0.3, 0.4) is 0 Å². The van der Waals surface area contributed by atoms with Gasteiger partial charge in [0.2, 0.25) is 11.8 Å². The number of piperidine rings is 2. The number of aromatic nitrogens is 2. The number of halogens is 1. The molecule has 0 unspecified atom stereocenters. The van der Waals surface area contributed by atoms with E-state index in [9.17, 15) is 14.0 Å². The second-order valence-corrected chi connectivity index (χ2v) is 13.3. The molecular weight excluding hydrogens is 541 g/mol. The third kappa shape index (κ3) is 5.07. The smallest absolute Gasteiger partial charge is 0.250 e. The molecule has 4 heterocycles. The molecule has 3 atom stereocenters. The van der Waals surface area contributed by atoms with Crippen LogP contribution in [-0.2, 0) is 15.0 Å². The van der Waals surface area contributed by atoms with Crippen molar-refractivity contribution in [2.75, 3.05) is 19.6 Å². The number of nitrogens with zero attached hydrogens (tertiary/aromatic N) is 4. The number of fused-ring (bicyclic) bond motifs is 3. The lowest BCUT2D eigenvalue weighted by atomic mass is 9.70. The Labute approximate surface area is 252 Å². The summed E-state index contributed by atoms with van der Waals surface area (Å²) < 4.78 is 17.0. The largest absolute Gasteiger partial charge is 0.366 e. The highest BCUT2D eigenvalue weighted by Gasteiger charge is 2.44. The lowest BCUT2D eigenvalue weighted by Gasteiger charge is -2.46. The predicted octanol–water partition coefficient (Wildman–Crippen LogP) is 5.57. The molecule has 1 aliphatic carbocycles. The summed E-state index contributed by atoms with van der Waals surface area (Å²) in [5.41, 5.74) is 9.85. The van der Waals surface area contributed by atoms with Gasteiger partial charge in [-0.2, -0.15) is 0 Å². The molecule has 2 N–H and O–H groups in total. The molecule has 3 saturated heterocycles. The minimum Gasteiger partial charge on any atom is -0.366 e. The van der Waals surface area contributed by atoms with Crippen molar-refractivity contribution >= 4 is 22.8 Å². The van der Waals surface area contributed by atoms with Crippen molar-refractivity contribution in [2.24, 2.45) is 5.73 Å². The van der Waals surface area contributed by atoms with E-state index in [1.165, 1.54) is 24.4 Å². The fourth-order valence-corrected chi connectivity index (χ4v) is 8.87. The number of nitrogens with two attached hydrogens (primary N) is 1. The fraction of sp³-hybridized carbons (Fsp3) is 0.514. The van der Waals surface area contributed by atoms with Crippen LogP contribution < -0.4 is 5.73 Å². The summed E-state index contributed by atoms with van der Waals surface area (Å²) in [7, 11) is 0. The minimum absolute atomic E-state index is 0.0402. The van der Waals surface area contributed by atoms with E-state index >= 15 is 0 Å². The first-order valence-electron chi connectivity index (χ1n) is 16.1. The monoisotopic (exact) mass is 583 g/mol. The predicted molar refractivity (Wildman–Crippen MR) is 165 cm³/mol. The molecule has 1 aromatic heterocycles. The number of carbonyl (C=O) groups is 2. The Morgan fingerprint density at radius 3 is 2.42 bits per heavy atom. The maximum Gasteiger partial charge on any atom is 0.250 e. The van der Waals surface area contributed by atoms with E-state index in [1.807, 2.05) is 11.0 Å². The molecule has 3 fully saturated rings. The van der Waals surface area contributed by atoms with Crippen LogP contribution in [0.1, 0.15) is 81.6 Å². The number of aryl methyl sites for hydroxylation is 1. The Morgan fingerprint density at radius 2 is 1.70 bits per heavy atom. The van der Waals surface area contributed by atoms with Crippen LogP contribution in [0.2, 0.25) is 0 Å². The van der Waals surface area contributed by atoms with Crippen molar-refractivity contribution in [3.05, 3.63) is 76.9 Å². The number of primary amides is 1. The van der Waals surface area contributed by atoms with E-state index in [0.29, 0.717) is 55.2 Å². The van der Waals surface area contributed by atoms with E-state index in [2.05, 4.69) is 46.7 Å². The number of rotatable bonds is 7. The number of para-hydroxylation sites is 2. The lowest BCUT2D eigenvalue weighted by molar-refractivity contribution is -0.129. The first kappa shape index (κ1) is 28.3. The molecular formula is C35H42FN5O2. The summed E-state index contributed by atoms with van der Waals surface area (Å²) >= 11 is 0. The molecule has 226 valence electrons. The van der Waals surface area contributed by atoms with Crippen LogP contribution in [0, 0.1) is 12.7 Å². The van der Waals surface area contributed by atoms with Crippen molar-refractivity contribution in [2.45, 2.75) is 94.7 Å². The highest BCUT2D eigenvalue weighted by atomic mass is 19.1. The fourth-order valence-electron chi connectivity index (χ4n) is 8.87. The maximum absolute atomic E-state index is 14.5. The van der Waals surface area contributed by atoms with Gasteiger partial charge in [-0.3, -0.25) is 14.5 Å². The lowest BCUT2D eigenvalue weighted by Crippen LogP contribution is -2.49. The SMILES string of the molecule is Cc1nc2ccccc2n1[C@H]1C[C@H]2CC[C@@H](C1)N2CCC1(c2cccc(F)c2)CCN(C(=O)C2=C(C(N)=O)CCC2)CC1. The Morgan fingerprint density at radius 1 is 0.977 bits per heavy atom. The Bertz CT molecular complexity index is 1570. The molecule has 8 heteroatoms. The van der Waals surface area contributed by atoms with E-state index in [0.717, 1.165) is 62.0 Å². The first-order chi connectivity index (χ1) is 20.8. The number of likely N-dealkylation sites (tertiary alicyclic amines) is 1. The standard InChI is InChI=1S/C35H42FN5O2/c1-23-38-31-10-2-3-11-32(31)41(23)28-21-26-12-13-27(22-28)40(26)19-16-35(24-6-4-7-25(36)20-24)14-17-39(18-15-35)34(43)30-9-5-8-29(30)33(37)42/h2-4,6-7,10-11,20,26-28H,5,8-9,12-19,21-22H2,1H3,(H2,37,42)/t26-,27+,28+. The molecule has 2 aromatic carbocycles. The molecule has 2 amide bonds. The van der Waals surface area contributed by atoms with E-state index in [1.54, 1.807) is 6.07 Å². The van der Waals surface area contributed by atoms with Gasteiger partial charge in [-0.05, 0) is 113 Å². The first-order valence-corrected chi connectivity index (χ1v) is 16.1. The number of hydrogen-bond acceptors (Lipinski definition) is 4. The van der Waals surface area contributed by atoms with Crippen LogP contribution in [0.4, 0.5) is 4.39 Å². The summed E-state index contributed by atoms with van der Waals surface area (Å²) in [5.74, 6) is 0.381. The van der Waals surface area contributed by atoms with Gasteiger partial charge in [0.1, 0.15) is 11.6 Å². The zero-order chi connectivity index (χ0) is 29.7. The van der Waals surface area contributed by atoms with E-state index in [-0.39, 0.29) is 17.1 Å². The normalized spacial score (nSPS) is 25.5. The Balaban J connectivity index is 1.08. The quantitative estimate of drug-likeness (QED) is 0.394. The summed E-state index contributed by atoms with van der Waals surface area (Å²) in [6.45, 7) is 4.32. The summed E-state index contributed by atoms with van der Waals surface area (Å²) in [5, 5.41) is 0. The molecule has 3 aliphatic heterocycles. The third-order valence-electron chi connectivity index (χ3n) is 11.1. The van der Waals surface area contributed by atoms with Crippen molar-refractivity contribution in [1.29, 1.82) is 0 Å². The third-order valence-corrected chi connectivity index (χ3v) is 11.1.